The van der Waals surface area contributed by atoms with Crippen LogP contribution in [0.5, 0.6) is 5.75 Å². The minimum absolute atomic E-state index is 0.0664. The van der Waals surface area contributed by atoms with Crippen molar-refractivity contribution >= 4 is 5.91 Å². The Morgan fingerprint density at radius 1 is 1.35 bits per heavy atom. The quantitative estimate of drug-likeness (QED) is 0.848. The third-order valence-electron chi connectivity index (χ3n) is 3.79. The molecule has 1 aliphatic heterocycles. The summed E-state index contributed by atoms with van der Waals surface area (Å²) in [7, 11) is 0. The lowest BCUT2D eigenvalue weighted by molar-refractivity contribution is -0.143. The zero-order valence-corrected chi connectivity index (χ0v) is 12.5. The SMILES string of the molecule is CC[C@@H](Oc1cccc(C)c1C)C(=O)N1CCOCC1. The van der Waals surface area contributed by atoms with Gasteiger partial charge in [-0.15, -0.1) is 0 Å². The number of amides is 1. The number of nitrogens with zero attached hydrogens (tertiary/aromatic N) is 1. The number of carbonyl (C=O) groups is 1. The number of morpholine rings is 1. The van der Waals surface area contributed by atoms with E-state index in [1.54, 1.807) is 0 Å². The van der Waals surface area contributed by atoms with Crippen LogP contribution in [0.1, 0.15) is 24.5 Å². The lowest BCUT2D eigenvalue weighted by Gasteiger charge is -2.30. The van der Waals surface area contributed by atoms with E-state index in [0.717, 1.165) is 11.3 Å². The Hall–Kier alpha value is -1.55. The van der Waals surface area contributed by atoms with E-state index in [-0.39, 0.29) is 5.91 Å². The molecule has 1 atom stereocenters. The molecule has 1 saturated heterocycles. The van der Waals surface area contributed by atoms with Crippen molar-refractivity contribution in [1.82, 2.24) is 4.90 Å². The molecule has 1 aromatic carbocycles. The van der Waals surface area contributed by atoms with Crippen molar-refractivity contribution in [3.8, 4) is 5.75 Å². The predicted octanol–water partition coefficient (Wildman–Crippen LogP) is 2.32. The number of hydrogen-bond acceptors (Lipinski definition) is 3. The van der Waals surface area contributed by atoms with Crippen LogP contribution in [0, 0.1) is 13.8 Å². The Balaban J connectivity index is 2.08. The molecule has 2 rings (SSSR count). The molecule has 1 fully saturated rings. The summed E-state index contributed by atoms with van der Waals surface area (Å²) in [4.78, 5) is 14.3. The molecular weight excluding hydrogens is 254 g/mol. The number of ether oxygens (including phenoxy) is 2. The topological polar surface area (TPSA) is 38.8 Å². The lowest BCUT2D eigenvalue weighted by Crippen LogP contribution is -2.47. The smallest absolute Gasteiger partial charge is 0.263 e. The van der Waals surface area contributed by atoms with Gasteiger partial charge >= 0.3 is 0 Å². The van der Waals surface area contributed by atoms with Gasteiger partial charge in [-0.2, -0.15) is 0 Å². The second-order valence-corrected chi connectivity index (χ2v) is 5.15. The van der Waals surface area contributed by atoms with E-state index in [9.17, 15) is 4.79 Å². The lowest BCUT2D eigenvalue weighted by atomic mass is 10.1. The highest BCUT2D eigenvalue weighted by Gasteiger charge is 2.26. The van der Waals surface area contributed by atoms with E-state index >= 15 is 0 Å². The third kappa shape index (κ3) is 3.31. The van der Waals surface area contributed by atoms with Crippen molar-refractivity contribution in [3.63, 3.8) is 0 Å². The Morgan fingerprint density at radius 2 is 2.05 bits per heavy atom. The minimum atomic E-state index is -0.409. The maximum absolute atomic E-state index is 12.5. The fourth-order valence-electron chi connectivity index (χ4n) is 2.30. The molecule has 0 spiro atoms. The van der Waals surface area contributed by atoms with Gasteiger partial charge in [-0.05, 0) is 37.5 Å². The fraction of sp³-hybridized carbons (Fsp3) is 0.562. The van der Waals surface area contributed by atoms with Crippen molar-refractivity contribution in [2.24, 2.45) is 0 Å². The van der Waals surface area contributed by atoms with E-state index in [1.165, 1.54) is 5.56 Å². The van der Waals surface area contributed by atoms with E-state index in [1.807, 2.05) is 43.9 Å². The normalized spacial score (nSPS) is 16.9. The van der Waals surface area contributed by atoms with Crippen LogP contribution < -0.4 is 4.74 Å². The molecule has 1 heterocycles. The van der Waals surface area contributed by atoms with Gasteiger partial charge in [0.15, 0.2) is 6.10 Å². The largest absolute Gasteiger partial charge is 0.480 e. The van der Waals surface area contributed by atoms with Gasteiger partial charge in [0, 0.05) is 13.1 Å². The van der Waals surface area contributed by atoms with Crippen molar-refractivity contribution in [2.75, 3.05) is 26.3 Å². The van der Waals surface area contributed by atoms with Gasteiger partial charge in [-0.3, -0.25) is 4.79 Å². The van der Waals surface area contributed by atoms with Crippen LogP contribution >= 0.6 is 0 Å². The Labute approximate surface area is 120 Å². The van der Waals surface area contributed by atoms with E-state index in [2.05, 4.69) is 0 Å². The van der Waals surface area contributed by atoms with Crippen LogP contribution in [-0.2, 0) is 9.53 Å². The summed E-state index contributed by atoms with van der Waals surface area (Å²) in [5.74, 6) is 0.871. The first-order valence-electron chi connectivity index (χ1n) is 7.23. The summed E-state index contributed by atoms with van der Waals surface area (Å²) >= 11 is 0. The monoisotopic (exact) mass is 277 g/mol. The Morgan fingerprint density at radius 3 is 2.70 bits per heavy atom. The maximum Gasteiger partial charge on any atom is 0.263 e. The highest BCUT2D eigenvalue weighted by atomic mass is 16.5. The fourth-order valence-corrected chi connectivity index (χ4v) is 2.30. The molecule has 0 aromatic heterocycles. The average molecular weight is 277 g/mol. The summed E-state index contributed by atoms with van der Waals surface area (Å²) in [6.07, 6.45) is 0.262. The van der Waals surface area contributed by atoms with E-state index in [4.69, 9.17) is 9.47 Å². The molecule has 110 valence electrons. The Kier molecular flexibility index (Phi) is 5.01. The summed E-state index contributed by atoms with van der Waals surface area (Å²) < 4.78 is 11.2. The molecule has 1 amide bonds. The summed E-state index contributed by atoms with van der Waals surface area (Å²) in [5.41, 5.74) is 2.27. The van der Waals surface area contributed by atoms with Crippen molar-refractivity contribution < 1.29 is 14.3 Å². The zero-order chi connectivity index (χ0) is 14.5. The summed E-state index contributed by atoms with van der Waals surface area (Å²) in [5, 5.41) is 0. The zero-order valence-electron chi connectivity index (χ0n) is 12.5. The van der Waals surface area contributed by atoms with Crippen molar-refractivity contribution in [3.05, 3.63) is 29.3 Å². The number of hydrogen-bond donors (Lipinski definition) is 0. The molecule has 4 nitrogen and oxygen atoms in total. The highest BCUT2D eigenvalue weighted by Crippen LogP contribution is 2.23. The molecule has 0 N–H and O–H groups in total. The van der Waals surface area contributed by atoms with Gasteiger partial charge in [0.1, 0.15) is 5.75 Å². The van der Waals surface area contributed by atoms with E-state index < -0.39 is 6.10 Å². The molecule has 0 radical (unpaired) electrons. The second-order valence-electron chi connectivity index (χ2n) is 5.15. The van der Waals surface area contributed by atoms with Crippen LogP contribution in [-0.4, -0.2) is 43.2 Å². The van der Waals surface area contributed by atoms with Gasteiger partial charge in [0.25, 0.3) is 5.91 Å². The molecule has 1 aromatic rings. The first-order valence-corrected chi connectivity index (χ1v) is 7.23. The summed E-state index contributed by atoms with van der Waals surface area (Å²) in [6.45, 7) is 8.60. The average Bonchev–Trinajstić information content (AvgIpc) is 2.49. The van der Waals surface area contributed by atoms with E-state index in [0.29, 0.717) is 32.7 Å². The minimum Gasteiger partial charge on any atom is -0.480 e. The molecule has 20 heavy (non-hydrogen) atoms. The van der Waals surface area contributed by atoms with Crippen molar-refractivity contribution in [2.45, 2.75) is 33.3 Å². The molecule has 0 aliphatic carbocycles. The van der Waals surface area contributed by atoms with Crippen LogP contribution in [0.15, 0.2) is 18.2 Å². The maximum atomic E-state index is 12.5. The molecule has 0 bridgehead atoms. The number of rotatable bonds is 4. The van der Waals surface area contributed by atoms with Crippen LogP contribution in [0.25, 0.3) is 0 Å². The van der Waals surface area contributed by atoms with Gasteiger partial charge < -0.3 is 14.4 Å². The molecule has 4 heteroatoms. The van der Waals surface area contributed by atoms with Crippen molar-refractivity contribution in [1.29, 1.82) is 0 Å². The Bertz CT molecular complexity index is 467. The first-order chi connectivity index (χ1) is 9.63. The predicted molar refractivity (Wildman–Crippen MR) is 78.0 cm³/mol. The number of carbonyl (C=O) groups excluding carboxylic acids is 1. The standard InChI is InChI=1S/C16H23NO3/c1-4-14(16(18)17-8-10-19-11-9-17)20-15-7-5-6-12(2)13(15)3/h5-7,14H,4,8-11H2,1-3H3/t14-/m1/s1. The molecule has 1 aliphatic rings. The van der Waals surface area contributed by atoms with Crippen LogP contribution in [0.3, 0.4) is 0 Å². The first kappa shape index (κ1) is 14.9. The second kappa shape index (κ2) is 6.75. The molecule has 0 saturated carbocycles. The van der Waals surface area contributed by atoms with Crippen LogP contribution in [0.4, 0.5) is 0 Å². The van der Waals surface area contributed by atoms with Gasteiger partial charge in [0.2, 0.25) is 0 Å². The number of aryl methyl sites for hydroxylation is 1. The van der Waals surface area contributed by atoms with Crippen LogP contribution in [0.2, 0.25) is 0 Å². The molecule has 0 unspecified atom stereocenters. The third-order valence-corrected chi connectivity index (χ3v) is 3.79. The number of benzene rings is 1. The van der Waals surface area contributed by atoms with Gasteiger partial charge in [-0.25, -0.2) is 0 Å². The highest BCUT2D eigenvalue weighted by molar-refractivity contribution is 5.81. The van der Waals surface area contributed by atoms with Gasteiger partial charge in [0.05, 0.1) is 13.2 Å². The summed E-state index contributed by atoms with van der Waals surface area (Å²) in [6, 6.07) is 5.94. The molecular formula is C16H23NO3. The van der Waals surface area contributed by atoms with Gasteiger partial charge in [-0.1, -0.05) is 19.1 Å².